The summed E-state index contributed by atoms with van der Waals surface area (Å²) in [7, 11) is 0. The second kappa shape index (κ2) is 8.90. The van der Waals surface area contributed by atoms with Crippen LogP contribution in [-0.4, -0.2) is 50.3 Å². The first-order valence-electron chi connectivity index (χ1n) is 7.32. The van der Waals surface area contributed by atoms with Crippen molar-refractivity contribution >= 4 is 0 Å². The molecule has 0 aromatic heterocycles. The van der Waals surface area contributed by atoms with Gasteiger partial charge in [0.05, 0.1) is 6.61 Å². The lowest BCUT2D eigenvalue weighted by atomic mass is 9.96. The van der Waals surface area contributed by atoms with Gasteiger partial charge in [0, 0.05) is 38.8 Å². The third-order valence-corrected chi connectivity index (χ3v) is 3.86. The summed E-state index contributed by atoms with van der Waals surface area (Å²) in [5.74, 6) is 0.776. The predicted molar refractivity (Wildman–Crippen MR) is 73.4 cm³/mol. The van der Waals surface area contributed by atoms with Gasteiger partial charge in [0.2, 0.25) is 0 Å². The molecule has 0 aromatic carbocycles. The van der Waals surface area contributed by atoms with E-state index in [1.165, 1.54) is 25.8 Å². The molecule has 1 heterocycles. The van der Waals surface area contributed by atoms with Crippen molar-refractivity contribution in [1.29, 1.82) is 0 Å². The fraction of sp³-hybridized carbons (Fsp3) is 1.00. The summed E-state index contributed by atoms with van der Waals surface area (Å²) >= 11 is 0. The Morgan fingerprint density at radius 3 is 2.88 bits per heavy atom. The van der Waals surface area contributed by atoms with E-state index in [9.17, 15) is 0 Å². The molecule has 1 fully saturated rings. The summed E-state index contributed by atoms with van der Waals surface area (Å²) in [5, 5.41) is 3.51. The zero-order valence-corrected chi connectivity index (χ0v) is 11.9. The quantitative estimate of drug-likeness (QED) is 0.660. The molecule has 3 heteroatoms. The molecule has 0 aromatic rings. The Morgan fingerprint density at radius 1 is 1.35 bits per heavy atom. The van der Waals surface area contributed by atoms with Crippen LogP contribution in [0.25, 0.3) is 0 Å². The fourth-order valence-corrected chi connectivity index (χ4v) is 2.41. The highest BCUT2D eigenvalue weighted by Crippen LogP contribution is 2.15. The number of hydrogen-bond acceptors (Lipinski definition) is 3. The average Bonchev–Trinajstić information content (AvgIpc) is 2.38. The minimum Gasteiger partial charge on any atom is -0.380 e. The van der Waals surface area contributed by atoms with Crippen LogP contribution < -0.4 is 5.32 Å². The molecule has 1 N–H and O–H groups in total. The molecule has 102 valence electrons. The van der Waals surface area contributed by atoms with Crippen LogP contribution in [-0.2, 0) is 4.74 Å². The molecule has 2 atom stereocenters. The average molecular weight is 242 g/mol. The van der Waals surface area contributed by atoms with Crippen LogP contribution in [0.1, 0.15) is 40.0 Å². The van der Waals surface area contributed by atoms with Crippen molar-refractivity contribution in [3.8, 4) is 0 Å². The Bertz CT molecular complexity index is 187. The lowest BCUT2D eigenvalue weighted by Crippen LogP contribution is -2.54. The van der Waals surface area contributed by atoms with E-state index in [1.54, 1.807) is 0 Å². The Labute approximate surface area is 107 Å². The van der Waals surface area contributed by atoms with Gasteiger partial charge in [-0.05, 0) is 12.3 Å². The van der Waals surface area contributed by atoms with Gasteiger partial charge in [-0.3, -0.25) is 4.90 Å². The van der Waals surface area contributed by atoms with E-state index < -0.39 is 0 Å². The highest BCUT2D eigenvalue weighted by atomic mass is 16.5. The molecule has 1 saturated heterocycles. The van der Waals surface area contributed by atoms with Gasteiger partial charge in [0.1, 0.15) is 0 Å². The van der Waals surface area contributed by atoms with Crippen molar-refractivity contribution < 1.29 is 4.74 Å². The third kappa shape index (κ3) is 5.36. The zero-order valence-electron chi connectivity index (χ0n) is 11.9. The Morgan fingerprint density at radius 2 is 2.18 bits per heavy atom. The Balaban J connectivity index is 2.23. The summed E-state index contributed by atoms with van der Waals surface area (Å²) < 4.78 is 5.68. The van der Waals surface area contributed by atoms with Gasteiger partial charge in [-0.2, -0.15) is 0 Å². The Kier molecular flexibility index (Phi) is 7.82. The summed E-state index contributed by atoms with van der Waals surface area (Å²) in [6.45, 7) is 13.2. The molecule has 0 bridgehead atoms. The Hall–Kier alpha value is -0.120. The second-order valence-electron chi connectivity index (χ2n) is 5.16. The summed E-state index contributed by atoms with van der Waals surface area (Å²) in [6, 6.07) is 0.698. The van der Waals surface area contributed by atoms with Gasteiger partial charge in [-0.15, -0.1) is 0 Å². The molecule has 1 aliphatic rings. The third-order valence-electron chi connectivity index (χ3n) is 3.86. The number of hydrogen-bond donors (Lipinski definition) is 1. The topological polar surface area (TPSA) is 24.5 Å². The van der Waals surface area contributed by atoms with E-state index in [-0.39, 0.29) is 0 Å². The van der Waals surface area contributed by atoms with Crippen molar-refractivity contribution in [2.24, 2.45) is 5.92 Å². The molecule has 0 radical (unpaired) electrons. The van der Waals surface area contributed by atoms with E-state index in [0.29, 0.717) is 6.04 Å². The van der Waals surface area contributed by atoms with Crippen molar-refractivity contribution in [3.63, 3.8) is 0 Å². The standard InChI is InChI=1S/C14H30N2O/c1-4-6-10-17-11-9-16-8-7-15-12-14(16)13(3)5-2/h13-15H,4-12H2,1-3H3. The van der Waals surface area contributed by atoms with E-state index in [2.05, 4.69) is 31.0 Å². The maximum absolute atomic E-state index is 5.68. The number of piperazine rings is 1. The molecule has 0 saturated carbocycles. The van der Waals surface area contributed by atoms with E-state index in [4.69, 9.17) is 4.74 Å². The van der Waals surface area contributed by atoms with Crippen molar-refractivity contribution in [2.75, 3.05) is 39.4 Å². The van der Waals surface area contributed by atoms with Crippen LogP contribution in [0, 0.1) is 5.92 Å². The highest BCUT2D eigenvalue weighted by Gasteiger charge is 2.25. The molecular formula is C14H30N2O. The molecule has 3 nitrogen and oxygen atoms in total. The van der Waals surface area contributed by atoms with Gasteiger partial charge in [0.15, 0.2) is 0 Å². The summed E-state index contributed by atoms with van der Waals surface area (Å²) in [5.41, 5.74) is 0. The van der Waals surface area contributed by atoms with E-state index in [0.717, 1.165) is 38.8 Å². The summed E-state index contributed by atoms with van der Waals surface area (Å²) in [6.07, 6.45) is 3.68. The molecule has 1 aliphatic heterocycles. The van der Waals surface area contributed by atoms with Gasteiger partial charge < -0.3 is 10.1 Å². The normalized spacial score (nSPS) is 23.8. The highest BCUT2D eigenvalue weighted by molar-refractivity contribution is 4.83. The fourth-order valence-electron chi connectivity index (χ4n) is 2.41. The van der Waals surface area contributed by atoms with Gasteiger partial charge in [-0.25, -0.2) is 0 Å². The molecule has 0 amide bonds. The van der Waals surface area contributed by atoms with Crippen molar-refractivity contribution in [2.45, 2.75) is 46.1 Å². The first-order chi connectivity index (χ1) is 8.29. The number of nitrogens with one attached hydrogen (secondary N) is 1. The van der Waals surface area contributed by atoms with Crippen LogP contribution in [0.5, 0.6) is 0 Å². The summed E-state index contributed by atoms with van der Waals surface area (Å²) in [4.78, 5) is 2.61. The number of nitrogens with zero attached hydrogens (tertiary/aromatic N) is 1. The molecule has 1 rings (SSSR count). The van der Waals surface area contributed by atoms with E-state index in [1.807, 2.05) is 0 Å². The van der Waals surface area contributed by atoms with Crippen molar-refractivity contribution in [1.82, 2.24) is 10.2 Å². The van der Waals surface area contributed by atoms with Crippen LogP contribution in [0.4, 0.5) is 0 Å². The van der Waals surface area contributed by atoms with Gasteiger partial charge in [-0.1, -0.05) is 33.6 Å². The van der Waals surface area contributed by atoms with Crippen LogP contribution >= 0.6 is 0 Å². The van der Waals surface area contributed by atoms with Crippen LogP contribution in [0.2, 0.25) is 0 Å². The van der Waals surface area contributed by atoms with Crippen LogP contribution in [0.3, 0.4) is 0 Å². The predicted octanol–water partition coefficient (Wildman–Crippen LogP) is 2.12. The number of ether oxygens (including phenoxy) is 1. The second-order valence-corrected chi connectivity index (χ2v) is 5.16. The number of unbranched alkanes of at least 4 members (excludes halogenated alkanes) is 1. The monoisotopic (exact) mass is 242 g/mol. The molecule has 0 spiro atoms. The first-order valence-corrected chi connectivity index (χ1v) is 7.32. The molecular weight excluding hydrogens is 212 g/mol. The smallest absolute Gasteiger partial charge is 0.0593 e. The lowest BCUT2D eigenvalue weighted by molar-refractivity contribution is 0.0587. The van der Waals surface area contributed by atoms with Crippen LogP contribution in [0.15, 0.2) is 0 Å². The molecule has 0 aliphatic carbocycles. The maximum Gasteiger partial charge on any atom is 0.0593 e. The van der Waals surface area contributed by atoms with Gasteiger partial charge >= 0.3 is 0 Å². The van der Waals surface area contributed by atoms with Gasteiger partial charge in [0.25, 0.3) is 0 Å². The minimum atomic E-state index is 0.698. The lowest BCUT2D eigenvalue weighted by Gasteiger charge is -2.39. The SMILES string of the molecule is CCCCOCCN1CCNCC1C(C)CC. The van der Waals surface area contributed by atoms with Crippen molar-refractivity contribution in [3.05, 3.63) is 0 Å². The molecule has 17 heavy (non-hydrogen) atoms. The maximum atomic E-state index is 5.68. The van der Waals surface area contributed by atoms with E-state index >= 15 is 0 Å². The molecule has 2 unspecified atom stereocenters. The number of rotatable bonds is 8. The largest absolute Gasteiger partial charge is 0.380 e. The first kappa shape index (κ1) is 14.9. The zero-order chi connectivity index (χ0) is 12.5. The minimum absolute atomic E-state index is 0.698.